The van der Waals surface area contributed by atoms with Crippen LogP contribution in [0.1, 0.15) is 36.5 Å². The Kier molecular flexibility index (Phi) is 6.22. The molecule has 2 aromatic rings. The molecule has 1 heterocycles. The summed E-state index contributed by atoms with van der Waals surface area (Å²) in [4.78, 5) is 23.7. The molecule has 2 rings (SSSR count). The highest BCUT2D eigenvalue weighted by Crippen LogP contribution is 2.13. The first-order valence-corrected chi connectivity index (χ1v) is 8.32. The van der Waals surface area contributed by atoms with Crippen molar-refractivity contribution in [2.75, 3.05) is 5.32 Å². The van der Waals surface area contributed by atoms with Crippen LogP contribution in [0.5, 0.6) is 0 Å². The maximum atomic E-state index is 12.0. The van der Waals surface area contributed by atoms with Crippen molar-refractivity contribution >= 4 is 17.6 Å². The summed E-state index contributed by atoms with van der Waals surface area (Å²) < 4.78 is 5.43. The van der Waals surface area contributed by atoms with Gasteiger partial charge in [-0.1, -0.05) is 12.1 Å². The van der Waals surface area contributed by atoms with E-state index in [1.807, 2.05) is 45.9 Å². The number of aryl methyl sites for hydroxylation is 2. The molecule has 1 aromatic heterocycles. The number of carbonyl (C=O) groups is 2. The summed E-state index contributed by atoms with van der Waals surface area (Å²) in [5, 5.41) is 8.42. The largest absolute Gasteiger partial charge is 0.466 e. The summed E-state index contributed by atoms with van der Waals surface area (Å²) in [6, 6.07) is 8.98. The molecule has 0 aliphatic heterocycles. The van der Waals surface area contributed by atoms with E-state index in [9.17, 15) is 9.59 Å². The van der Waals surface area contributed by atoms with Gasteiger partial charge in [-0.15, -0.1) is 0 Å². The minimum absolute atomic E-state index is 0.0146. The fourth-order valence-electron chi connectivity index (χ4n) is 2.47. The number of benzene rings is 1. The van der Waals surface area contributed by atoms with Gasteiger partial charge < -0.3 is 20.4 Å². The lowest BCUT2D eigenvalue weighted by atomic mass is 10.1. The highest BCUT2D eigenvalue weighted by molar-refractivity contribution is 5.89. The molecule has 0 fully saturated rings. The monoisotopic (exact) mass is 343 g/mol. The number of hydrogen-bond donors (Lipinski definition) is 3. The summed E-state index contributed by atoms with van der Waals surface area (Å²) in [7, 11) is 0. The molecule has 0 bridgehead atoms. The summed E-state index contributed by atoms with van der Waals surface area (Å²) in [6.45, 7) is 8.00. The molecule has 0 spiro atoms. The van der Waals surface area contributed by atoms with E-state index in [0.29, 0.717) is 18.7 Å². The van der Waals surface area contributed by atoms with E-state index in [1.54, 1.807) is 12.1 Å². The average Bonchev–Trinajstić information content (AvgIpc) is 2.84. The van der Waals surface area contributed by atoms with Crippen molar-refractivity contribution in [1.82, 2.24) is 10.6 Å². The normalized spacial score (nSPS) is 10.6. The maximum Gasteiger partial charge on any atom is 0.319 e. The molecule has 134 valence electrons. The number of hydrogen-bond acceptors (Lipinski definition) is 3. The van der Waals surface area contributed by atoms with Crippen molar-refractivity contribution in [1.29, 1.82) is 0 Å². The molecule has 0 radical (unpaired) electrons. The average molecular weight is 343 g/mol. The minimum Gasteiger partial charge on any atom is -0.466 e. The number of anilines is 1. The Labute approximate surface area is 148 Å². The topological polar surface area (TPSA) is 83.4 Å². The van der Waals surface area contributed by atoms with E-state index < -0.39 is 0 Å². The third-order valence-corrected chi connectivity index (χ3v) is 3.61. The van der Waals surface area contributed by atoms with Crippen molar-refractivity contribution < 1.29 is 14.0 Å². The molecule has 1 aromatic carbocycles. The zero-order valence-electron chi connectivity index (χ0n) is 15.1. The molecule has 0 saturated heterocycles. The highest BCUT2D eigenvalue weighted by Gasteiger charge is 2.08. The van der Waals surface area contributed by atoms with Crippen molar-refractivity contribution in [3.8, 4) is 0 Å². The van der Waals surface area contributed by atoms with Crippen LogP contribution in [0.3, 0.4) is 0 Å². The fourth-order valence-corrected chi connectivity index (χ4v) is 2.47. The van der Waals surface area contributed by atoms with Crippen molar-refractivity contribution in [3.05, 3.63) is 53.0 Å². The number of nitrogens with one attached hydrogen (secondary N) is 3. The molecular weight excluding hydrogens is 318 g/mol. The van der Waals surface area contributed by atoms with Gasteiger partial charge in [0.25, 0.3) is 0 Å². The molecule has 3 N–H and O–H groups in total. The van der Waals surface area contributed by atoms with Gasteiger partial charge in [-0.25, -0.2) is 4.79 Å². The Balaban J connectivity index is 1.83. The lowest BCUT2D eigenvalue weighted by Gasteiger charge is -2.10. The van der Waals surface area contributed by atoms with Gasteiger partial charge in [-0.3, -0.25) is 4.79 Å². The summed E-state index contributed by atoms with van der Waals surface area (Å²) in [6.07, 6.45) is 0.323. The molecule has 6 nitrogen and oxygen atoms in total. The number of amides is 3. The molecule has 0 unspecified atom stereocenters. The van der Waals surface area contributed by atoms with E-state index >= 15 is 0 Å². The van der Waals surface area contributed by atoms with Gasteiger partial charge in [0.15, 0.2) is 0 Å². The van der Waals surface area contributed by atoms with Gasteiger partial charge in [0.2, 0.25) is 5.91 Å². The predicted molar refractivity (Wildman–Crippen MR) is 97.5 cm³/mol. The molecule has 6 heteroatoms. The van der Waals surface area contributed by atoms with Crippen molar-refractivity contribution in [2.24, 2.45) is 0 Å². The van der Waals surface area contributed by atoms with Gasteiger partial charge >= 0.3 is 6.03 Å². The number of furan rings is 1. The lowest BCUT2D eigenvalue weighted by molar-refractivity contribution is -0.120. The Bertz CT molecular complexity index is 733. The fraction of sp³-hybridized carbons (Fsp3) is 0.368. The summed E-state index contributed by atoms with van der Waals surface area (Å²) >= 11 is 0. The van der Waals surface area contributed by atoms with E-state index in [4.69, 9.17) is 4.42 Å². The zero-order chi connectivity index (χ0) is 18.4. The highest BCUT2D eigenvalue weighted by atomic mass is 16.3. The molecule has 0 atom stereocenters. The second kappa shape index (κ2) is 8.37. The first-order chi connectivity index (χ1) is 11.8. The number of rotatable bonds is 6. The SMILES string of the molecule is Cc1cc(CNC(=O)Nc2ccc(CC(=O)NC(C)C)cc2)c(C)o1. The van der Waals surface area contributed by atoms with Crippen molar-refractivity contribution in [2.45, 2.75) is 46.7 Å². The predicted octanol–water partition coefficient (Wildman–Crippen LogP) is 3.29. The zero-order valence-corrected chi connectivity index (χ0v) is 15.1. The first-order valence-electron chi connectivity index (χ1n) is 8.32. The molecule has 0 aliphatic carbocycles. The van der Waals surface area contributed by atoms with Gasteiger partial charge in [0, 0.05) is 23.8 Å². The van der Waals surface area contributed by atoms with Crippen LogP contribution < -0.4 is 16.0 Å². The van der Waals surface area contributed by atoms with Crippen molar-refractivity contribution in [3.63, 3.8) is 0 Å². The Morgan fingerprint density at radius 2 is 1.80 bits per heavy atom. The van der Waals surface area contributed by atoms with Gasteiger partial charge in [-0.05, 0) is 51.5 Å². The summed E-state index contributed by atoms with van der Waals surface area (Å²) in [5.41, 5.74) is 2.53. The van der Waals surface area contributed by atoms with Crippen LogP contribution in [0.2, 0.25) is 0 Å². The Morgan fingerprint density at radius 3 is 2.36 bits per heavy atom. The van der Waals surface area contributed by atoms with E-state index in [0.717, 1.165) is 22.6 Å². The second-order valence-electron chi connectivity index (χ2n) is 6.34. The smallest absolute Gasteiger partial charge is 0.319 e. The van der Waals surface area contributed by atoms with Gasteiger partial charge in [0.1, 0.15) is 11.5 Å². The second-order valence-corrected chi connectivity index (χ2v) is 6.34. The molecule has 25 heavy (non-hydrogen) atoms. The first kappa shape index (κ1) is 18.6. The Morgan fingerprint density at radius 1 is 1.12 bits per heavy atom. The minimum atomic E-state index is -0.288. The number of urea groups is 1. The van der Waals surface area contributed by atoms with E-state index in [-0.39, 0.29) is 18.0 Å². The molecule has 3 amide bonds. The Hall–Kier alpha value is -2.76. The maximum absolute atomic E-state index is 12.0. The van der Waals surface area contributed by atoms with Crippen LogP contribution in [0, 0.1) is 13.8 Å². The third kappa shape index (κ3) is 5.99. The molecular formula is C19H25N3O3. The third-order valence-electron chi connectivity index (χ3n) is 3.61. The van der Waals surface area contributed by atoms with E-state index in [1.165, 1.54) is 0 Å². The van der Waals surface area contributed by atoms with Crippen LogP contribution in [-0.2, 0) is 17.8 Å². The molecule has 0 saturated carbocycles. The van der Waals surface area contributed by atoms with Gasteiger partial charge in [-0.2, -0.15) is 0 Å². The number of carbonyl (C=O) groups excluding carboxylic acids is 2. The lowest BCUT2D eigenvalue weighted by Crippen LogP contribution is -2.31. The quantitative estimate of drug-likeness (QED) is 0.752. The standard InChI is InChI=1S/C19H25N3O3/c1-12(2)21-18(23)10-15-5-7-17(8-6-15)22-19(24)20-11-16-9-13(3)25-14(16)4/h5-9,12H,10-11H2,1-4H3,(H,21,23)(H2,20,22,24). The van der Waals surface area contributed by atoms with Crippen LogP contribution >= 0.6 is 0 Å². The van der Waals surface area contributed by atoms with Crippen LogP contribution in [0.15, 0.2) is 34.7 Å². The van der Waals surface area contributed by atoms with E-state index in [2.05, 4.69) is 16.0 Å². The van der Waals surface area contributed by atoms with Crippen LogP contribution in [0.25, 0.3) is 0 Å². The van der Waals surface area contributed by atoms with Gasteiger partial charge in [0.05, 0.1) is 6.42 Å². The molecule has 0 aliphatic rings. The summed E-state index contributed by atoms with van der Waals surface area (Å²) in [5.74, 6) is 1.62. The van der Waals surface area contributed by atoms with Crippen LogP contribution in [0.4, 0.5) is 10.5 Å². The van der Waals surface area contributed by atoms with Crippen LogP contribution in [-0.4, -0.2) is 18.0 Å².